The average molecular weight is 547 g/mol. The number of carbonyl (C=O) groups excluding carboxylic acids is 3. The van der Waals surface area contributed by atoms with Gasteiger partial charge in [-0.2, -0.15) is 65.9 Å². The van der Waals surface area contributed by atoms with Gasteiger partial charge in [-0.1, -0.05) is 12.1 Å². The third-order valence-corrected chi connectivity index (χ3v) is 3.58. The van der Waals surface area contributed by atoms with Crippen LogP contribution in [0.4, 0.5) is 71.5 Å². The summed E-state index contributed by atoms with van der Waals surface area (Å²) in [5, 5.41) is 0. The number of rotatable bonds is 5. The van der Waals surface area contributed by atoms with Crippen molar-refractivity contribution in [3.63, 3.8) is 0 Å². The molecular formula is C15H4F15NO4. The molecule has 35 heavy (non-hydrogen) atoms. The molecule has 0 saturated carbocycles. The van der Waals surface area contributed by atoms with Gasteiger partial charge in [-0.25, -0.2) is 9.69 Å². The first kappa shape index (κ1) is 29.8. The van der Waals surface area contributed by atoms with Crippen molar-refractivity contribution >= 4 is 23.5 Å². The molecule has 0 aliphatic heterocycles. The summed E-state index contributed by atoms with van der Waals surface area (Å²) < 4.78 is 195. The van der Waals surface area contributed by atoms with Gasteiger partial charge in [0.1, 0.15) is 0 Å². The van der Waals surface area contributed by atoms with Crippen molar-refractivity contribution in [2.45, 2.75) is 36.3 Å². The zero-order valence-electron chi connectivity index (χ0n) is 15.6. The van der Waals surface area contributed by atoms with Gasteiger partial charge >= 0.3 is 54.1 Å². The highest BCUT2D eigenvalue weighted by molar-refractivity contribution is 6.20. The van der Waals surface area contributed by atoms with Crippen LogP contribution in [0.5, 0.6) is 5.75 Å². The SMILES string of the molecule is O=C(Oc1ccccc1N(C(=O)C(F)(F)C(F)(F)F)C(=O)C(F)(F)C(F)(F)F)C(F)(F)C(F)(F)F. The molecule has 198 valence electrons. The predicted octanol–water partition coefficient (Wildman–Crippen LogP) is 5.04. The van der Waals surface area contributed by atoms with E-state index in [-0.39, 0.29) is 12.1 Å². The molecule has 20 heteroatoms. The number of halogens is 15. The lowest BCUT2D eigenvalue weighted by molar-refractivity contribution is -0.276. The second-order valence-corrected chi connectivity index (χ2v) is 6.02. The van der Waals surface area contributed by atoms with Crippen molar-refractivity contribution in [2.24, 2.45) is 0 Å². The molecule has 0 fully saturated rings. The lowest BCUT2D eigenvalue weighted by Crippen LogP contribution is -2.60. The number of hydrogen-bond donors (Lipinski definition) is 0. The lowest BCUT2D eigenvalue weighted by Gasteiger charge is -2.30. The number of para-hydroxylation sites is 2. The van der Waals surface area contributed by atoms with Crippen molar-refractivity contribution in [3.8, 4) is 5.75 Å². The average Bonchev–Trinajstić information content (AvgIpc) is 2.66. The first-order valence-electron chi connectivity index (χ1n) is 7.85. The minimum Gasteiger partial charge on any atom is -0.420 e. The summed E-state index contributed by atoms with van der Waals surface area (Å²) in [5.74, 6) is -34.5. The quantitative estimate of drug-likeness (QED) is 0.295. The van der Waals surface area contributed by atoms with Crippen LogP contribution in [0.15, 0.2) is 24.3 Å². The number of anilines is 1. The Morgan fingerprint density at radius 1 is 0.571 bits per heavy atom. The van der Waals surface area contributed by atoms with Gasteiger partial charge in [0.2, 0.25) is 0 Å². The van der Waals surface area contributed by atoms with E-state index in [0.29, 0.717) is 12.1 Å². The molecule has 0 aliphatic rings. The fourth-order valence-electron chi connectivity index (χ4n) is 1.84. The number of carbonyl (C=O) groups is 3. The van der Waals surface area contributed by atoms with E-state index in [4.69, 9.17) is 0 Å². The summed E-state index contributed by atoms with van der Waals surface area (Å²) in [4.78, 5) is 32.3. The summed E-state index contributed by atoms with van der Waals surface area (Å²) in [6.07, 6.45) is -20.8. The summed E-state index contributed by atoms with van der Waals surface area (Å²) in [6.45, 7) is 0. The Kier molecular flexibility index (Phi) is 7.47. The first-order chi connectivity index (χ1) is 15.3. The highest BCUT2D eigenvalue weighted by Crippen LogP contribution is 2.44. The van der Waals surface area contributed by atoms with Crippen LogP contribution in [0, 0.1) is 0 Å². The van der Waals surface area contributed by atoms with Gasteiger partial charge in [0.15, 0.2) is 5.75 Å². The van der Waals surface area contributed by atoms with Gasteiger partial charge in [-0.3, -0.25) is 9.59 Å². The van der Waals surface area contributed by atoms with Crippen molar-refractivity contribution < 1.29 is 85.0 Å². The maximum absolute atomic E-state index is 13.5. The molecule has 0 bridgehead atoms. The second-order valence-electron chi connectivity index (χ2n) is 6.02. The largest absolute Gasteiger partial charge is 0.465 e. The maximum atomic E-state index is 13.5. The van der Waals surface area contributed by atoms with Crippen LogP contribution >= 0.6 is 0 Å². The van der Waals surface area contributed by atoms with E-state index in [1.807, 2.05) is 0 Å². The predicted molar refractivity (Wildman–Crippen MR) is 77.6 cm³/mol. The van der Waals surface area contributed by atoms with Gasteiger partial charge in [-0.05, 0) is 12.1 Å². The lowest BCUT2D eigenvalue weighted by atomic mass is 10.1. The van der Waals surface area contributed by atoms with Crippen molar-refractivity contribution in [1.29, 1.82) is 0 Å². The number of esters is 1. The van der Waals surface area contributed by atoms with Gasteiger partial charge in [-0.15, -0.1) is 0 Å². The number of imide groups is 1. The molecule has 0 spiro atoms. The van der Waals surface area contributed by atoms with Gasteiger partial charge in [0.05, 0.1) is 5.69 Å². The Bertz CT molecular complexity index is 955. The monoisotopic (exact) mass is 547 g/mol. The zero-order valence-corrected chi connectivity index (χ0v) is 15.6. The van der Waals surface area contributed by atoms with E-state index in [9.17, 15) is 80.2 Å². The number of ether oxygens (including phenoxy) is 1. The molecule has 0 aromatic heterocycles. The number of amides is 2. The minimum absolute atomic E-state index is 0.106. The van der Waals surface area contributed by atoms with E-state index >= 15 is 0 Å². The van der Waals surface area contributed by atoms with Crippen LogP contribution < -0.4 is 9.64 Å². The second kappa shape index (κ2) is 8.77. The fourth-order valence-corrected chi connectivity index (χ4v) is 1.84. The normalized spacial score (nSPS) is 13.9. The first-order valence-corrected chi connectivity index (χ1v) is 7.85. The molecule has 1 aromatic carbocycles. The van der Waals surface area contributed by atoms with Crippen molar-refractivity contribution in [3.05, 3.63) is 24.3 Å². The number of alkyl halides is 15. The molecule has 5 nitrogen and oxygen atoms in total. The van der Waals surface area contributed by atoms with Crippen molar-refractivity contribution in [2.75, 3.05) is 4.90 Å². The van der Waals surface area contributed by atoms with E-state index < -0.39 is 70.4 Å². The van der Waals surface area contributed by atoms with E-state index in [0.717, 1.165) is 0 Å². The van der Waals surface area contributed by atoms with Crippen LogP contribution in [-0.4, -0.2) is 54.1 Å². The van der Waals surface area contributed by atoms with Crippen LogP contribution in [0.1, 0.15) is 0 Å². The van der Waals surface area contributed by atoms with Crippen LogP contribution in [0.3, 0.4) is 0 Å². The van der Waals surface area contributed by atoms with E-state index in [1.54, 1.807) is 0 Å². The molecule has 0 aliphatic carbocycles. The van der Waals surface area contributed by atoms with Crippen LogP contribution in [0.25, 0.3) is 0 Å². The summed E-state index contributed by atoms with van der Waals surface area (Å²) in [5.41, 5.74) is -2.37. The van der Waals surface area contributed by atoms with Crippen LogP contribution in [0.2, 0.25) is 0 Å². The fraction of sp³-hybridized carbons (Fsp3) is 0.400. The van der Waals surface area contributed by atoms with Crippen LogP contribution in [-0.2, 0) is 14.4 Å². The smallest absolute Gasteiger partial charge is 0.420 e. The molecule has 2 amide bonds. The molecule has 0 radical (unpaired) electrons. The summed E-state index contributed by atoms with van der Waals surface area (Å²) >= 11 is 0. The molecular weight excluding hydrogens is 543 g/mol. The third-order valence-electron chi connectivity index (χ3n) is 3.58. The standard InChI is InChI=1S/C15H4F15NO4/c16-10(17,13(22,23)24)7(32)31(8(33)11(18,19)14(25,26)27)5-3-1-2-4-6(5)35-9(34)12(20,21)15(28,29)30/h1-4H. The van der Waals surface area contributed by atoms with E-state index in [2.05, 4.69) is 4.74 Å². The van der Waals surface area contributed by atoms with Gasteiger partial charge in [0.25, 0.3) is 0 Å². The Labute approximate surface area is 181 Å². The Morgan fingerprint density at radius 2 is 0.914 bits per heavy atom. The zero-order chi connectivity index (χ0) is 28.0. The molecule has 1 aromatic rings. The number of benzene rings is 1. The third kappa shape index (κ3) is 5.39. The highest BCUT2D eigenvalue weighted by Gasteiger charge is 2.71. The van der Waals surface area contributed by atoms with E-state index in [1.165, 1.54) is 0 Å². The molecule has 1 rings (SSSR count). The maximum Gasteiger partial charge on any atom is 0.465 e. The van der Waals surface area contributed by atoms with Gasteiger partial charge < -0.3 is 4.74 Å². The number of nitrogens with zero attached hydrogens (tertiary/aromatic N) is 1. The molecule has 0 saturated heterocycles. The number of hydrogen-bond acceptors (Lipinski definition) is 4. The molecule has 0 heterocycles. The molecule has 0 atom stereocenters. The Hall–Kier alpha value is -3.22. The Balaban J connectivity index is 3.82. The summed E-state index contributed by atoms with van der Waals surface area (Å²) in [7, 11) is 0. The molecule has 0 unspecified atom stereocenters. The molecule has 0 N–H and O–H groups in total. The van der Waals surface area contributed by atoms with Crippen molar-refractivity contribution in [1.82, 2.24) is 0 Å². The minimum atomic E-state index is -7.05. The summed E-state index contributed by atoms with van der Waals surface area (Å²) in [6, 6.07) is 0.335. The highest BCUT2D eigenvalue weighted by atomic mass is 19.4. The topological polar surface area (TPSA) is 63.7 Å². The van der Waals surface area contributed by atoms with Gasteiger partial charge in [0, 0.05) is 0 Å². The Morgan fingerprint density at radius 3 is 1.26 bits per heavy atom.